The number of rotatable bonds is 8. The Kier molecular flexibility index (Phi) is 8.72. The molecule has 1 aromatic heterocycles. The topological polar surface area (TPSA) is 136 Å². The van der Waals surface area contributed by atoms with Crippen LogP contribution in [0.4, 0.5) is 4.79 Å². The molecule has 3 aromatic carbocycles. The molecule has 11 heteroatoms. The number of carbonyl (C=O) groups is 3. The molecule has 4 aliphatic carbocycles. The van der Waals surface area contributed by atoms with Crippen LogP contribution in [0.5, 0.6) is 5.88 Å². The van der Waals surface area contributed by atoms with E-state index in [1.54, 1.807) is 47.0 Å². The van der Waals surface area contributed by atoms with Crippen LogP contribution in [0.2, 0.25) is 5.02 Å². The van der Waals surface area contributed by atoms with Crippen molar-refractivity contribution >= 4 is 40.5 Å². The van der Waals surface area contributed by atoms with Crippen molar-refractivity contribution in [3.05, 3.63) is 105 Å². The predicted molar refractivity (Wildman–Crippen MR) is 189 cm³/mol. The van der Waals surface area contributed by atoms with Gasteiger partial charge in [-0.2, -0.15) is 0 Å². The monoisotopic (exact) mass is 697 g/mol. The van der Waals surface area contributed by atoms with Crippen molar-refractivity contribution in [3.8, 4) is 11.6 Å². The number of aliphatic hydroxyl groups is 1. The second-order valence-corrected chi connectivity index (χ2v) is 15.1. The molecule has 4 aliphatic rings. The first kappa shape index (κ1) is 33.8. The third-order valence-corrected chi connectivity index (χ3v) is 10.9. The highest BCUT2D eigenvalue weighted by Crippen LogP contribution is 2.56. The fourth-order valence-corrected chi connectivity index (χ4v) is 8.79. The Morgan fingerprint density at radius 2 is 1.66 bits per heavy atom. The number of amides is 2. The number of halogens is 1. The molecular formula is C39H40ClN3O7. The average Bonchev–Trinajstić information content (AvgIpc) is 3.07. The van der Waals surface area contributed by atoms with E-state index in [2.05, 4.69) is 10.6 Å². The van der Waals surface area contributed by atoms with Gasteiger partial charge in [0.05, 0.1) is 18.2 Å². The van der Waals surface area contributed by atoms with Crippen LogP contribution in [0, 0.1) is 17.8 Å². The average molecular weight is 698 g/mol. The van der Waals surface area contributed by atoms with Crippen LogP contribution in [0.25, 0.3) is 16.6 Å². The summed E-state index contributed by atoms with van der Waals surface area (Å²) in [4.78, 5) is 52.8. The summed E-state index contributed by atoms with van der Waals surface area (Å²) in [6.07, 6.45) is 3.63. The van der Waals surface area contributed by atoms with E-state index in [9.17, 15) is 24.3 Å². The molecule has 1 heterocycles. The van der Waals surface area contributed by atoms with E-state index in [4.69, 9.17) is 21.1 Å². The number of fused-ring (bicyclic) bond motifs is 1. The summed E-state index contributed by atoms with van der Waals surface area (Å²) < 4.78 is 12.2. The number of ether oxygens (including phenoxy) is 2. The number of benzene rings is 3. The maximum absolute atomic E-state index is 14.0. The number of carbonyl (C=O) groups excluding carboxylic acids is 3. The molecule has 4 aromatic rings. The van der Waals surface area contributed by atoms with E-state index < -0.39 is 11.8 Å². The zero-order valence-corrected chi connectivity index (χ0v) is 29.0. The molecule has 8 rings (SSSR count). The number of nitrogens with zero attached hydrogens (tertiary/aromatic N) is 1. The number of hydrogen-bond donors (Lipinski definition) is 3. The van der Waals surface area contributed by atoms with Gasteiger partial charge >= 0.3 is 6.16 Å². The number of para-hydroxylation sites is 1. The second kappa shape index (κ2) is 12.9. The zero-order valence-electron chi connectivity index (χ0n) is 28.2. The lowest BCUT2D eigenvalue weighted by Gasteiger charge is -2.60. The van der Waals surface area contributed by atoms with Gasteiger partial charge in [-0.05, 0) is 112 Å². The number of aromatic nitrogens is 1. The molecule has 0 spiro atoms. The van der Waals surface area contributed by atoms with Crippen LogP contribution in [-0.4, -0.2) is 51.9 Å². The van der Waals surface area contributed by atoms with Crippen LogP contribution in [-0.2, 0) is 16.0 Å². The Morgan fingerprint density at radius 1 is 0.980 bits per heavy atom. The van der Waals surface area contributed by atoms with Crippen LogP contribution < -0.4 is 20.8 Å². The van der Waals surface area contributed by atoms with Gasteiger partial charge in [0.2, 0.25) is 5.88 Å². The van der Waals surface area contributed by atoms with Gasteiger partial charge < -0.3 is 25.2 Å². The molecule has 0 saturated heterocycles. The normalized spacial score (nSPS) is 23.8. The largest absolute Gasteiger partial charge is 0.514 e. The molecule has 0 unspecified atom stereocenters. The van der Waals surface area contributed by atoms with Gasteiger partial charge in [0.1, 0.15) is 5.60 Å². The van der Waals surface area contributed by atoms with Crippen LogP contribution in [0.3, 0.4) is 0 Å². The van der Waals surface area contributed by atoms with E-state index in [0.29, 0.717) is 33.1 Å². The molecule has 5 atom stereocenters. The lowest BCUT2D eigenvalue weighted by atomic mass is 9.51. The van der Waals surface area contributed by atoms with Crippen molar-refractivity contribution in [2.45, 2.75) is 69.6 Å². The lowest BCUT2D eigenvalue weighted by molar-refractivity contribution is -0.143. The van der Waals surface area contributed by atoms with Crippen molar-refractivity contribution < 1.29 is 29.0 Å². The summed E-state index contributed by atoms with van der Waals surface area (Å²) in [6, 6.07) is 21.3. The molecule has 4 bridgehead atoms. The third kappa shape index (κ3) is 6.38. The predicted octanol–water partition coefficient (Wildman–Crippen LogP) is 5.94. The summed E-state index contributed by atoms with van der Waals surface area (Å²) in [7, 11) is 1.20. The highest BCUT2D eigenvalue weighted by molar-refractivity contribution is 6.31. The van der Waals surface area contributed by atoms with Gasteiger partial charge in [-0.3, -0.25) is 19.0 Å². The van der Waals surface area contributed by atoms with Gasteiger partial charge in [0, 0.05) is 39.7 Å². The van der Waals surface area contributed by atoms with Crippen molar-refractivity contribution in [2.75, 3.05) is 7.11 Å². The first-order valence-corrected chi connectivity index (χ1v) is 17.3. The van der Waals surface area contributed by atoms with Gasteiger partial charge in [0.25, 0.3) is 11.8 Å². The van der Waals surface area contributed by atoms with Gasteiger partial charge in [-0.15, -0.1) is 0 Å². The SMILES string of the molecule is COC(=O)Oc1c(Cc2ccc(C(=O)N[C@@H]3[C@@H]4C[C@@H]5C[C@H]3C[C@](NC(=O)C(C)(C)O)(C5)C4)cc2)c(=O)c2ccc(Cl)cc2n1-c1ccccc1. The van der Waals surface area contributed by atoms with E-state index in [-0.39, 0.29) is 58.5 Å². The molecule has 3 N–H and O–H groups in total. The fourth-order valence-electron chi connectivity index (χ4n) is 8.62. The van der Waals surface area contributed by atoms with Gasteiger partial charge in [-0.1, -0.05) is 41.9 Å². The Hall–Kier alpha value is -4.67. The molecular weight excluding hydrogens is 658 g/mol. The van der Waals surface area contributed by atoms with E-state index in [1.165, 1.54) is 21.0 Å². The second-order valence-electron chi connectivity index (χ2n) is 14.6. The highest BCUT2D eigenvalue weighted by atomic mass is 35.5. The van der Waals surface area contributed by atoms with Gasteiger partial charge in [-0.25, -0.2) is 4.79 Å². The minimum atomic E-state index is -1.44. The van der Waals surface area contributed by atoms with Crippen molar-refractivity contribution in [1.82, 2.24) is 15.2 Å². The molecule has 260 valence electrons. The quantitative estimate of drug-likeness (QED) is 0.194. The zero-order chi connectivity index (χ0) is 35.4. The third-order valence-electron chi connectivity index (χ3n) is 10.6. The molecule has 0 aliphatic heterocycles. The van der Waals surface area contributed by atoms with E-state index in [1.807, 2.05) is 30.3 Å². The smallest absolute Gasteiger partial charge is 0.437 e. The molecule has 4 fully saturated rings. The lowest BCUT2D eigenvalue weighted by Crippen LogP contribution is -2.68. The summed E-state index contributed by atoms with van der Waals surface area (Å²) >= 11 is 6.36. The number of hydrogen-bond acceptors (Lipinski definition) is 7. The number of pyridine rings is 1. The Labute approximate surface area is 294 Å². The summed E-state index contributed by atoms with van der Waals surface area (Å²) in [5.41, 5.74) is 0.504. The maximum Gasteiger partial charge on any atom is 0.514 e. The van der Waals surface area contributed by atoms with Crippen LogP contribution >= 0.6 is 11.6 Å². The van der Waals surface area contributed by atoms with Crippen LogP contribution in [0.1, 0.15) is 67.4 Å². The molecule has 50 heavy (non-hydrogen) atoms. The summed E-state index contributed by atoms with van der Waals surface area (Å²) in [6.45, 7) is 3.01. The summed E-state index contributed by atoms with van der Waals surface area (Å²) in [5, 5.41) is 17.6. The molecule has 2 amide bonds. The Balaban J connectivity index is 1.14. The highest BCUT2D eigenvalue weighted by Gasteiger charge is 2.56. The first-order valence-electron chi connectivity index (χ1n) is 17.0. The summed E-state index contributed by atoms with van der Waals surface area (Å²) in [5.74, 6) is 0.476. The first-order chi connectivity index (χ1) is 23.8. The maximum atomic E-state index is 14.0. The fraction of sp³-hybridized carbons (Fsp3) is 0.385. The number of nitrogens with one attached hydrogen (secondary N) is 2. The van der Waals surface area contributed by atoms with Crippen molar-refractivity contribution in [3.63, 3.8) is 0 Å². The Morgan fingerprint density at radius 3 is 2.30 bits per heavy atom. The van der Waals surface area contributed by atoms with Crippen molar-refractivity contribution in [1.29, 1.82) is 0 Å². The van der Waals surface area contributed by atoms with Gasteiger partial charge in [0.15, 0.2) is 5.43 Å². The van der Waals surface area contributed by atoms with Crippen molar-refractivity contribution in [2.24, 2.45) is 17.8 Å². The van der Waals surface area contributed by atoms with E-state index >= 15 is 0 Å². The minimum absolute atomic E-state index is 0.00600. The standard InChI is InChI=1S/C39H40ClN3O7/c1-38(2,48)36(46)42-39-19-23-15-25(20-39)32(26(16-23)21-39)41-34(45)24-11-9-22(10-12-24)17-30-33(44)29-14-13-27(40)18-31(29)43(28-7-5-4-6-8-28)35(30)50-37(47)49-3/h4-14,18,23,25-26,32,48H,15-17,19-21H2,1-3H3,(H,41,45)(H,42,46)/t23-,25-,26+,32-,39+. The minimum Gasteiger partial charge on any atom is -0.437 e. The Bertz CT molecular complexity index is 2020. The molecule has 4 saturated carbocycles. The molecule has 10 nitrogen and oxygen atoms in total. The van der Waals surface area contributed by atoms with Crippen LogP contribution in [0.15, 0.2) is 77.6 Å². The number of methoxy groups -OCH3 is 1. The molecule has 0 radical (unpaired) electrons. The van der Waals surface area contributed by atoms with E-state index in [0.717, 1.165) is 37.7 Å².